The number of ether oxygens (including phenoxy) is 2. The van der Waals surface area contributed by atoms with Crippen LogP contribution in [0.1, 0.15) is 102 Å². The summed E-state index contributed by atoms with van der Waals surface area (Å²) in [5.41, 5.74) is 6.42. The molecule has 20 nitrogen and oxygen atoms in total. The maximum atomic E-state index is 15.0. The zero-order valence-corrected chi connectivity index (χ0v) is 44.7. The van der Waals surface area contributed by atoms with Gasteiger partial charge in [-0.1, -0.05) is 50.2 Å². The van der Waals surface area contributed by atoms with Crippen LogP contribution in [-0.2, 0) is 69.0 Å². The van der Waals surface area contributed by atoms with Gasteiger partial charge < -0.3 is 50.5 Å². The van der Waals surface area contributed by atoms with Crippen molar-refractivity contribution in [3.8, 4) is 11.4 Å². The summed E-state index contributed by atoms with van der Waals surface area (Å²) >= 11 is 4.06. The first-order chi connectivity index (χ1) is 37.1. The minimum Gasteiger partial charge on any atom is -0.381 e. The Hall–Kier alpha value is -7.66. The molecule has 4 unspecified atom stereocenters. The molecule has 77 heavy (non-hydrogen) atoms. The number of benzene rings is 3. The zero-order valence-electron chi connectivity index (χ0n) is 43.8. The van der Waals surface area contributed by atoms with Gasteiger partial charge in [0.25, 0.3) is 11.5 Å². The number of anilines is 1. The number of thiol groups is 1. The molecule has 3 aliphatic rings. The number of aldehydes is 1. The Morgan fingerprint density at radius 2 is 1.65 bits per heavy atom. The third kappa shape index (κ3) is 14.8. The van der Waals surface area contributed by atoms with E-state index in [1.807, 2.05) is 58.0 Å². The molecule has 5 aromatic rings. The summed E-state index contributed by atoms with van der Waals surface area (Å²) in [4.78, 5) is 110. The van der Waals surface area contributed by atoms with E-state index in [0.29, 0.717) is 72.2 Å². The number of amides is 7. The number of pyridine rings is 2. The van der Waals surface area contributed by atoms with Gasteiger partial charge in [-0.15, -0.1) is 0 Å². The van der Waals surface area contributed by atoms with Crippen LogP contribution in [0.3, 0.4) is 0 Å². The van der Waals surface area contributed by atoms with Crippen molar-refractivity contribution >= 4 is 77.9 Å². The molecule has 410 valence electrons. The molecule has 3 aromatic carbocycles. The molecule has 1 fully saturated rings. The fourth-order valence-electron chi connectivity index (χ4n) is 9.20. The van der Waals surface area contributed by atoms with Crippen LogP contribution in [0.4, 0.5) is 10.1 Å². The summed E-state index contributed by atoms with van der Waals surface area (Å²) in [6.07, 6.45) is 1.92. The number of rotatable bonds is 20. The number of fused-ring (bicyclic) bond motifs is 4. The third-order valence-corrected chi connectivity index (χ3v) is 13.0. The Balaban J connectivity index is 0.000000244. The van der Waals surface area contributed by atoms with Crippen LogP contribution in [0.15, 0.2) is 71.5 Å². The SMILES string of the molecule is CC.CC(Cc1ccccc1)NC(=O)CNC=O.CCNC(=O)c1cccc(N2C(=O)CC(S)C2=O)c1.COCc1c(C(O)C=O)cc2n(c1=O)Cc1c-2nc2cc(F)c(C)c3c2c1C(COCNC(=O)CNC=O)CC3. The lowest BCUT2D eigenvalue weighted by Gasteiger charge is -2.29. The van der Waals surface area contributed by atoms with E-state index in [2.05, 4.69) is 39.2 Å². The number of imide groups is 1. The van der Waals surface area contributed by atoms with Gasteiger partial charge in [-0.3, -0.25) is 38.4 Å². The second-order valence-electron chi connectivity index (χ2n) is 17.8. The normalized spacial score (nSPS) is 15.4. The van der Waals surface area contributed by atoms with E-state index >= 15 is 0 Å². The molecule has 1 saturated heterocycles. The fraction of sp³-hybridized carbons (Fsp3) is 0.382. The zero-order chi connectivity index (χ0) is 56.3. The minimum absolute atomic E-state index is 0.0304. The van der Waals surface area contributed by atoms with Crippen molar-refractivity contribution in [2.75, 3.05) is 45.0 Å². The van der Waals surface area contributed by atoms with Crippen molar-refractivity contribution in [3.63, 3.8) is 0 Å². The summed E-state index contributed by atoms with van der Waals surface area (Å²) in [6.45, 7) is 10.2. The topological polar surface area (TPSA) is 274 Å². The first-order valence-corrected chi connectivity index (χ1v) is 25.6. The van der Waals surface area contributed by atoms with Crippen molar-refractivity contribution in [1.82, 2.24) is 36.1 Å². The number of nitrogens with one attached hydrogen (secondary N) is 5. The van der Waals surface area contributed by atoms with Gasteiger partial charge >= 0.3 is 0 Å². The Kier molecular flexibility index (Phi) is 22.7. The fourth-order valence-corrected chi connectivity index (χ4v) is 9.47. The number of aromatic nitrogens is 2. The van der Waals surface area contributed by atoms with E-state index in [1.54, 1.807) is 31.2 Å². The van der Waals surface area contributed by atoms with E-state index < -0.39 is 22.8 Å². The first-order valence-electron chi connectivity index (χ1n) is 25.1. The number of carbonyl (C=O) groups excluding carboxylic acids is 8. The summed E-state index contributed by atoms with van der Waals surface area (Å²) < 4.78 is 27.5. The van der Waals surface area contributed by atoms with Crippen molar-refractivity contribution in [3.05, 3.63) is 127 Å². The van der Waals surface area contributed by atoms with Gasteiger partial charge in [-0.25, -0.2) is 14.3 Å². The van der Waals surface area contributed by atoms with E-state index in [0.717, 1.165) is 33.4 Å². The first kappa shape index (κ1) is 60.2. The van der Waals surface area contributed by atoms with Crippen LogP contribution in [0.2, 0.25) is 0 Å². The lowest BCUT2D eigenvalue weighted by Crippen LogP contribution is -2.39. The number of carbonyl (C=O) groups is 8. The highest BCUT2D eigenvalue weighted by molar-refractivity contribution is 7.82. The van der Waals surface area contributed by atoms with Crippen molar-refractivity contribution in [2.24, 2.45) is 0 Å². The van der Waals surface area contributed by atoms with Crippen LogP contribution in [-0.4, -0.2) is 115 Å². The average Bonchev–Trinajstić information content (AvgIpc) is 3.95. The van der Waals surface area contributed by atoms with Gasteiger partial charge in [0.1, 0.15) is 18.7 Å². The van der Waals surface area contributed by atoms with Crippen LogP contribution in [0, 0.1) is 12.7 Å². The average molecular weight is 1080 g/mol. The van der Waals surface area contributed by atoms with E-state index in [1.165, 1.54) is 29.4 Å². The smallest absolute Gasteiger partial charge is 0.257 e. The molecule has 2 aromatic heterocycles. The van der Waals surface area contributed by atoms with E-state index in [9.17, 15) is 52.6 Å². The molecule has 6 N–H and O–H groups in total. The molecule has 1 aliphatic carbocycles. The molecule has 0 radical (unpaired) electrons. The number of nitrogens with zero attached hydrogens (tertiary/aromatic N) is 3. The second-order valence-corrected chi connectivity index (χ2v) is 18.4. The van der Waals surface area contributed by atoms with Gasteiger partial charge in [0.2, 0.25) is 36.4 Å². The Labute approximate surface area is 450 Å². The van der Waals surface area contributed by atoms with Gasteiger partial charge in [0, 0.05) is 65.7 Å². The third-order valence-electron chi connectivity index (χ3n) is 12.6. The number of methoxy groups -OCH3 is 1. The number of aryl methyl sites for hydroxylation is 1. The van der Waals surface area contributed by atoms with Crippen molar-refractivity contribution < 1.29 is 57.3 Å². The van der Waals surface area contributed by atoms with Crippen molar-refractivity contribution in [2.45, 2.75) is 96.8 Å². The summed E-state index contributed by atoms with van der Waals surface area (Å²) in [7, 11) is 1.42. The van der Waals surface area contributed by atoms with Gasteiger partial charge in [0.15, 0.2) is 6.29 Å². The predicted octanol–water partition coefficient (Wildman–Crippen LogP) is 3.62. The van der Waals surface area contributed by atoms with Gasteiger partial charge in [-0.2, -0.15) is 12.6 Å². The largest absolute Gasteiger partial charge is 0.381 e. The molecule has 4 atom stereocenters. The number of hydrogen-bond donors (Lipinski definition) is 7. The summed E-state index contributed by atoms with van der Waals surface area (Å²) in [6, 6.07) is 19.4. The van der Waals surface area contributed by atoms with Crippen LogP contribution in [0.25, 0.3) is 22.3 Å². The number of aliphatic hydroxyl groups is 1. The molecule has 0 bridgehead atoms. The molecular weight excluding hydrogens is 1020 g/mol. The minimum atomic E-state index is -1.52. The van der Waals surface area contributed by atoms with E-state index in [4.69, 9.17) is 14.5 Å². The highest BCUT2D eigenvalue weighted by Gasteiger charge is 2.38. The second kappa shape index (κ2) is 29.0. The molecule has 4 heterocycles. The summed E-state index contributed by atoms with van der Waals surface area (Å²) in [5.74, 6) is -1.94. The lowest BCUT2D eigenvalue weighted by molar-refractivity contribution is -0.123. The van der Waals surface area contributed by atoms with Crippen LogP contribution in [0.5, 0.6) is 0 Å². The van der Waals surface area contributed by atoms with Crippen LogP contribution < -0.4 is 37.0 Å². The van der Waals surface area contributed by atoms with Crippen LogP contribution >= 0.6 is 12.6 Å². The molecule has 8 rings (SSSR count). The monoisotopic (exact) mass is 1080 g/mol. The maximum Gasteiger partial charge on any atom is 0.257 e. The van der Waals surface area contributed by atoms with Gasteiger partial charge in [0.05, 0.1) is 60.7 Å². The summed E-state index contributed by atoms with van der Waals surface area (Å²) in [5, 5.41) is 23.3. The molecule has 2 aliphatic heterocycles. The van der Waals surface area contributed by atoms with Gasteiger partial charge in [-0.05, 0) is 86.6 Å². The Morgan fingerprint density at radius 3 is 2.29 bits per heavy atom. The lowest BCUT2D eigenvalue weighted by atomic mass is 9.78. The Bertz CT molecular complexity index is 3030. The number of aliphatic hydroxyl groups excluding tert-OH is 1. The molecular formula is C55H65FN8O12S. The highest BCUT2D eigenvalue weighted by Crippen LogP contribution is 2.46. The number of halogens is 1. The number of hydrogen-bond acceptors (Lipinski definition) is 14. The molecule has 22 heteroatoms. The molecule has 0 spiro atoms. The van der Waals surface area contributed by atoms with Crippen molar-refractivity contribution in [1.29, 1.82) is 0 Å². The standard InChI is InChI=1S/C28H29FN4O7.C13H14N2O3S.C12H16N2O2.C2H6/c1-14-16-4-3-15(10-40-13-31-24(37)7-30-12-35)25-18-8-33-22(27(18)32-21(26(16)25)6-20(14)29)5-17(23(36)9-34)19(11-39-2)28(33)38;1-2-14-12(17)8-4-3-5-9(6-8)15-11(16)7-10(19)13(15)18;1-10(14-12(16)8-13-9-15)7-11-5-3-2-4-6-11;1-2/h5-6,9,12,15,23,36H,3-4,7-8,10-11,13H2,1-2H3,(H,30,35)(H,31,37);3-6,10,19H,2,7H2,1H3,(H,14,17);2-6,9-10H,7-8H2,1H3,(H,13,15)(H,14,16);1-2H3. The Morgan fingerprint density at radius 1 is 0.948 bits per heavy atom. The highest BCUT2D eigenvalue weighted by atomic mass is 32.1. The molecule has 7 amide bonds. The van der Waals surface area contributed by atoms with E-state index in [-0.39, 0.29) is 98.5 Å². The quantitative estimate of drug-likeness (QED) is 0.0190. The molecule has 0 saturated carbocycles. The maximum absolute atomic E-state index is 15.0. The predicted molar refractivity (Wildman–Crippen MR) is 289 cm³/mol.